The number of likely N-dealkylation sites (N-methyl/N-ethyl adjacent to an activating group) is 1. The molecule has 2 heterocycles. The zero-order chi connectivity index (χ0) is 20.9. The Balaban J connectivity index is 1.41. The summed E-state index contributed by atoms with van der Waals surface area (Å²) in [6.45, 7) is 6.06. The zero-order valence-electron chi connectivity index (χ0n) is 17.4. The molecule has 1 aliphatic rings. The molecule has 1 N–H and O–H groups in total. The molecule has 1 fully saturated rings. The lowest BCUT2D eigenvalue weighted by Crippen LogP contribution is -2.44. The fourth-order valence-electron chi connectivity index (χ4n) is 3.63. The predicted molar refractivity (Wildman–Crippen MR) is 124 cm³/mol. The van der Waals surface area contributed by atoms with Gasteiger partial charge in [-0.1, -0.05) is 42.1 Å². The summed E-state index contributed by atoms with van der Waals surface area (Å²) in [6.07, 6.45) is 3.71. The van der Waals surface area contributed by atoms with Gasteiger partial charge in [0.15, 0.2) is 5.16 Å². The number of rotatable bonds is 6. The maximum Gasteiger partial charge on any atom is 0.234 e. The van der Waals surface area contributed by atoms with Gasteiger partial charge in [0.25, 0.3) is 0 Å². The molecule has 0 radical (unpaired) electrons. The maximum atomic E-state index is 12.7. The molecule has 3 aromatic rings. The van der Waals surface area contributed by atoms with Crippen LogP contribution in [0, 0.1) is 6.92 Å². The van der Waals surface area contributed by atoms with E-state index in [0.717, 1.165) is 48.4 Å². The largest absolute Gasteiger partial charge is 0.367 e. The van der Waals surface area contributed by atoms with Crippen molar-refractivity contribution in [3.63, 3.8) is 0 Å². The molecule has 4 rings (SSSR count). The van der Waals surface area contributed by atoms with Crippen LogP contribution in [-0.4, -0.2) is 59.3 Å². The number of imidazole rings is 1. The molecule has 1 aliphatic heterocycles. The van der Waals surface area contributed by atoms with E-state index in [1.54, 1.807) is 6.20 Å². The van der Waals surface area contributed by atoms with Gasteiger partial charge in [0.2, 0.25) is 5.91 Å². The number of thioether (sulfide) groups is 1. The van der Waals surface area contributed by atoms with E-state index < -0.39 is 0 Å². The highest BCUT2D eigenvalue weighted by molar-refractivity contribution is 7.99. The lowest BCUT2D eigenvalue weighted by atomic mass is 10.2. The number of aryl methyl sites for hydroxylation is 1. The van der Waals surface area contributed by atoms with Gasteiger partial charge in [-0.15, -0.1) is 0 Å². The second-order valence-electron chi connectivity index (χ2n) is 7.51. The van der Waals surface area contributed by atoms with Crippen LogP contribution >= 0.6 is 11.8 Å². The molecule has 0 atom stereocenters. The van der Waals surface area contributed by atoms with E-state index in [1.807, 2.05) is 41.1 Å². The number of hydrogen-bond donors (Lipinski definition) is 1. The number of carbonyl (C=O) groups excluding carboxylic acids is 1. The number of benzene rings is 2. The number of nitrogens with zero attached hydrogens (tertiary/aromatic N) is 4. The number of carbonyl (C=O) groups is 1. The molecule has 1 aromatic heterocycles. The molecule has 1 saturated heterocycles. The number of aromatic nitrogens is 2. The SMILES string of the molecule is Cc1ccccc1-n1ccnc1SCC(=O)Nc1ccccc1N1CCN(C)CC1. The Kier molecular flexibility index (Phi) is 6.40. The van der Waals surface area contributed by atoms with Crippen molar-refractivity contribution in [1.82, 2.24) is 14.5 Å². The van der Waals surface area contributed by atoms with Gasteiger partial charge in [0.05, 0.1) is 22.8 Å². The van der Waals surface area contributed by atoms with E-state index in [1.165, 1.54) is 17.3 Å². The number of anilines is 2. The van der Waals surface area contributed by atoms with E-state index in [2.05, 4.69) is 52.3 Å². The summed E-state index contributed by atoms with van der Waals surface area (Å²) in [5.41, 5.74) is 4.21. The van der Waals surface area contributed by atoms with Gasteiger partial charge in [-0.25, -0.2) is 4.98 Å². The van der Waals surface area contributed by atoms with Gasteiger partial charge in [-0.05, 0) is 37.7 Å². The Bertz CT molecular complexity index is 1010. The lowest BCUT2D eigenvalue weighted by Gasteiger charge is -2.35. The summed E-state index contributed by atoms with van der Waals surface area (Å²) < 4.78 is 2.03. The summed E-state index contributed by atoms with van der Waals surface area (Å²) in [6, 6.07) is 16.2. The van der Waals surface area contributed by atoms with E-state index >= 15 is 0 Å². The van der Waals surface area contributed by atoms with Crippen molar-refractivity contribution in [3.05, 3.63) is 66.5 Å². The first-order valence-corrected chi connectivity index (χ1v) is 11.1. The van der Waals surface area contributed by atoms with E-state index in [-0.39, 0.29) is 5.91 Å². The molecule has 6 nitrogen and oxygen atoms in total. The van der Waals surface area contributed by atoms with Crippen LogP contribution in [0.1, 0.15) is 5.56 Å². The van der Waals surface area contributed by atoms with Crippen molar-refractivity contribution >= 4 is 29.0 Å². The van der Waals surface area contributed by atoms with Crippen molar-refractivity contribution in [2.24, 2.45) is 0 Å². The molecule has 0 unspecified atom stereocenters. The summed E-state index contributed by atoms with van der Waals surface area (Å²) in [5.74, 6) is 0.279. The lowest BCUT2D eigenvalue weighted by molar-refractivity contribution is -0.113. The van der Waals surface area contributed by atoms with Crippen molar-refractivity contribution in [1.29, 1.82) is 0 Å². The number of amides is 1. The highest BCUT2D eigenvalue weighted by Crippen LogP contribution is 2.27. The van der Waals surface area contributed by atoms with Crippen molar-refractivity contribution < 1.29 is 4.79 Å². The predicted octanol–water partition coefficient (Wildman–Crippen LogP) is 3.66. The molecular weight excluding hydrogens is 394 g/mol. The minimum absolute atomic E-state index is 0.0269. The van der Waals surface area contributed by atoms with Crippen LogP contribution in [0.2, 0.25) is 0 Å². The Labute approximate surface area is 181 Å². The second-order valence-corrected chi connectivity index (χ2v) is 8.45. The fourth-order valence-corrected chi connectivity index (χ4v) is 4.40. The average molecular weight is 422 g/mol. The third kappa shape index (κ3) is 4.68. The Morgan fingerprint density at radius 1 is 1.03 bits per heavy atom. The van der Waals surface area contributed by atoms with Crippen LogP contribution in [0.3, 0.4) is 0 Å². The molecule has 1 amide bonds. The Morgan fingerprint density at radius 2 is 1.73 bits per heavy atom. The molecule has 156 valence electrons. The monoisotopic (exact) mass is 421 g/mol. The minimum atomic E-state index is -0.0269. The van der Waals surface area contributed by atoms with E-state index in [4.69, 9.17) is 0 Å². The average Bonchev–Trinajstić information content (AvgIpc) is 3.22. The standard InChI is InChI=1S/C23H27N5OS/c1-18-7-3-5-9-20(18)28-12-11-24-23(28)30-17-22(29)25-19-8-4-6-10-21(19)27-15-13-26(2)14-16-27/h3-12H,13-17H2,1-2H3,(H,25,29). The first kappa shape index (κ1) is 20.5. The summed E-state index contributed by atoms with van der Waals surface area (Å²) in [7, 11) is 2.14. The molecule has 0 aliphatic carbocycles. The Morgan fingerprint density at radius 3 is 2.50 bits per heavy atom. The first-order chi connectivity index (χ1) is 14.6. The van der Waals surface area contributed by atoms with Crippen LogP contribution < -0.4 is 10.2 Å². The van der Waals surface area contributed by atoms with Crippen molar-refractivity contribution in [2.45, 2.75) is 12.1 Å². The molecule has 0 bridgehead atoms. The third-order valence-corrected chi connectivity index (χ3v) is 6.30. The molecule has 7 heteroatoms. The van der Waals surface area contributed by atoms with Crippen LogP contribution in [0.4, 0.5) is 11.4 Å². The van der Waals surface area contributed by atoms with Gasteiger partial charge in [-0.2, -0.15) is 0 Å². The highest BCUT2D eigenvalue weighted by atomic mass is 32.2. The second kappa shape index (κ2) is 9.36. The van der Waals surface area contributed by atoms with Gasteiger partial charge >= 0.3 is 0 Å². The van der Waals surface area contributed by atoms with Crippen molar-refractivity contribution in [2.75, 3.05) is 49.2 Å². The van der Waals surface area contributed by atoms with Crippen LogP contribution in [0.15, 0.2) is 66.1 Å². The quantitative estimate of drug-likeness (QED) is 0.616. The Hall–Kier alpha value is -2.77. The number of para-hydroxylation sites is 3. The molecule has 2 aromatic carbocycles. The third-order valence-electron chi connectivity index (χ3n) is 5.34. The normalized spacial score (nSPS) is 14.7. The zero-order valence-corrected chi connectivity index (χ0v) is 18.2. The summed E-state index contributed by atoms with van der Waals surface area (Å²) >= 11 is 1.45. The van der Waals surface area contributed by atoms with Gasteiger partial charge in [0, 0.05) is 38.6 Å². The summed E-state index contributed by atoms with van der Waals surface area (Å²) in [5, 5.41) is 3.91. The van der Waals surface area contributed by atoms with Crippen molar-refractivity contribution in [3.8, 4) is 5.69 Å². The minimum Gasteiger partial charge on any atom is -0.367 e. The smallest absolute Gasteiger partial charge is 0.234 e. The molecule has 0 spiro atoms. The van der Waals surface area contributed by atoms with Crippen LogP contribution in [-0.2, 0) is 4.79 Å². The van der Waals surface area contributed by atoms with Gasteiger partial charge < -0.3 is 15.1 Å². The van der Waals surface area contributed by atoms with E-state index in [0.29, 0.717) is 5.75 Å². The molecule has 30 heavy (non-hydrogen) atoms. The van der Waals surface area contributed by atoms with Gasteiger partial charge in [-0.3, -0.25) is 9.36 Å². The van der Waals surface area contributed by atoms with Gasteiger partial charge in [0.1, 0.15) is 0 Å². The highest BCUT2D eigenvalue weighted by Gasteiger charge is 2.18. The molecule has 0 saturated carbocycles. The van der Waals surface area contributed by atoms with E-state index in [9.17, 15) is 4.79 Å². The number of nitrogens with one attached hydrogen (secondary N) is 1. The van der Waals surface area contributed by atoms with Crippen LogP contribution in [0.5, 0.6) is 0 Å². The molecular formula is C23H27N5OS. The first-order valence-electron chi connectivity index (χ1n) is 10.2. The number of hydrogen-bond acceptors (Lipinski definition) is 5. The summed E-state index contributed by atoms with van der Waals surface area (Å²) in [4.78, 5) is 21.8. The number of piperazine rings is 1. The fraction of sp³-hybridized carbons (Fsp3) is 0.304. The topological polar surface area (TPSA) is 53.4 Å². The maximum absolute atomic E-state index is 12.7. The van der Waals surface area contributed by atoms with Crippen LogP contribution in [0.25, 0.3) is 5.69 Å².